The van der Waals surface area contributed by atoms with Crippen molar-refractivity contribution in [2.24, 2.45) is 0 Å². The van der Waals surface area contributed by atoms with E-state index in [0.29, 0.717) is 44.2 Å². The van der Waals surface area contributed by atoms with Crippen molar-refractivity contribution >= 4 is 15.9 Å². The van der Waals surface area contributed by atoms with Crippen molar-refractivity contribution in [3.8, 4) is 0 Å². The number of nitrogens with one attached hydrogen (secondary N) is 1. The standard InChI is InChI=1S/C21H27N3O3S/c1-18-7-9-20(10-8-18)28(26,27)24-15-13-23(14-16-24)17-21(25)22-12-11-19-5-3-2-4-6-19/h2-10H,11-17H2,1H3,(H,22,25). The molecule has 28 heavy (non-hydrogen) atoms. The van der Waals surface area contributed by atoms with E-state index in [2.05, 4.69) is 5.32 Å². The van der Waals surface area contributed by atoms with Gasteiger partial charge in [0.15, 0.2) is 0 Å². The van der Waals surface area contributed by atoms with Crippen LogP contribution in [-0.4, -0.2) is 62.8 Å². The van der Waals surface area contributed by atoms with E-state index in [1.165, 1.54) is 9.87 Å². The molecule has 1 N–H and O–H groups in total. The molecule has 2 aromatic carbocycles. The fourth-order valence-electron chi connectivity index (χ4n) is 3.24. The molecule has 1 aliphatic rings. The molecule has 6 nitrogen and oxygen atoms in total. The minimum Gasteiger partial charge on any atom is -0.355 e. The number of benzene rings is 2. The van der Waals surface area contributed by atoms with Crippen LogP contribution in [0.25, 0.3) is 0 Å². The number of aryl methyl sites for hydroxylation is 1. The average molecular weight is 402 g/mol. The van der Waals surface area contributed by atoms with E-state index in [9.17, 15) is 13.2 Å². The van der Waals surface area contributed by atoms with Crippen LogP contribution in [0.15, 0.2) is 59.5 Å². The summed E-state index contributed by atoms with van der Waals surface area (Å²) in [5.41, 5.74) is 2.22. The van der Waals surface area contributed by atoms with E-state index < -0.39 is 10.0 Å². The highest BCUT2D eigenvalue weighted by molar-refractivity contribution is 7.89. The summed E-state index contributed by atoms with van der Waals surface area (Å²) in [6.07, 6.45) is 0.801. The molecule has 0 aromatic heterocycles. The monoisotopic (exact) mass is 401 g/mol. The Morgan fingerprint density at radius 2 is 1.61 bits per heavy atom. The number of carbonyl (C=O) groups excluding carboxylic acids is 1. The van der Waals surface area contributed by atoms with Gasteiger partial charge in [-0.1, -0.05) is 48.0 Å². The summed E-state index contributed by atoms with van der Waals surface area (Å²) in [7, 11) is -3.47. The molecule has 1 saturated heterocycles. The highest BCUT2D eigenvalue weighted by Crippen LogP contribution is 2.18. The third kappa shape index (κ3) is 5.41. The van der Waals surface area contributed by atoms with Crippen molar-refractivity contribution in [2.45, 2.75) is 18.2 Å². The summed E-state index contributed by atoms with van der Waals surface area (Å²) in [5, 5.41) is 2.94. The number of hydrogen-bond acceptors (Lipinski definition) is 4. The largest absolute Gasteiger partial charge is 0.355 e. The average Bonchev–Trinajstić information content (AvgIpc) is 2.69. The number of carbonyl (C=O) groups is 1. The third-order valence-electron chi connectivity index (χ3n) is 4.94. The van der Waals surface area contributed by atoms with Gasteiger partial charge in [-0.2, -0.15) is 4.31 Å². The molecular formula is C21H27N3O3S. The lowest BCUT2D eigenvalue weighted by molar-refractivity contribution is -0.122. The van der Waals surface area contributed by atoms with E-state index in [1.54, 1.807) is 12.1 Å². The molecule has 0 atom stereocenters. The summed E-state index contributed by atoms with van der Waals surface area (Å²) in [6, 6.07) is 16.9. The molecule has 0 aliphatic carbocycles. The van der Waals surface area contributed by atoms with Gasteiger partial charge >= 0.3 is 0 Å². The van der Waals surface area contributed by atoms with Crippen LogP contribution in [0.5, 0.6) is 0 Å². The SMILES string of the molecule is Cc1ccc(S(=O)(=O)N2CCN(CC(=O)NCCc3ccccc3)CC2)cc1. The van der Waals surface area contributed by atoms with E-state index in [4.69, 9.17) is 0 Å². The van der Waals surface area contributed by atoms with Crippen molar-refractivity contribution in [2.75, 3.05) is 39.3 Å². The molecule has 3 rings (SSSR count). The summed E-state index contributed by atoms with van der Waals surface area (Å²) in [4.78, 5) is 14.5. The molecular weight excluding hydrogens is 374 g/mol. The van der Waals surface area contributed by atoms with Gasteiger partial charge in [-0.15, -0.1) is 0 Å². The number of amides is 1. The minimum absolute atomic E-state index is 0.0224. The maximum Gasteiger partial charge on any atom is 0.243 e. The Balaban J connectivity index is 1.43. The molecule has 150 valence electrons. The Morgan fingerprint density at radius 1 is 0.964 bits per heavy atom. The van der Waals surface area contributed by atoms with Crippen molar-refractivity contribution in [3.05, 3.63) is 65.7 Å². The first-order valence-electron chi connectivity index (χ1n) is 9.55. The molecule has 0 radical (unpaired) electrons. The fraction of sp³-hybridized carbons (Fsp3) is 0.381. The quantitative estimate of drug-likeness (QED) is 0.766. The topological polar surface area (TPSA) is 69.7 Å². The van der Waals surface area contributed by atoms with E-state index in [0.717, 1.165) is 12.0 Å². The maximum absolute atomic E-state index is 12.7. The first-order chi connectivity index (χ1) is 13.4. The Bertz CT molecular complexity index is 875. The molecule has 0 bridgehead atoms. The molecule has 0 saturated carbocycles. The Hall–Kier alpha value is -2.22. The van der Waals surface area contributed by atoms with Gasteiger partial charge in [-0.3, -0.25) is 9.69 Å². The normalized spacial score (nSPS) is 16.0. The smallest absolute Gasteiger partial charge is 0.243 e. The lowest BCUT2D eigenvalue weighted by atomic mass is 10.1. The molecule has 1 fully saturated rings. The molecule has 1 amide bonds. The summed E-state index contributed by atoms with van der Waals surface area (Å²) >= 11 is 0. The summed E-state index contributed by atoms with van der Waals surface area (Å²) in [6.45, 7) is 4.73. The van der Waals surface area contributed by atoms with Crippen LogP contribution in [-0.2, 0) is 21.2 Å². The van der Waals surface area contributed by atoms with E-state index in [1.807, 2.05) is 54.3 Å². The third-order valence-corrected chi connectivity index (χ3v) is 6.85. The molecule has 0 spiro atoms. The second-order valence-corrected chi connectivity index (χ2v) is 9.02. The van der Waals surface area contributed by atoms with Crippen molar-refractivity contribution < 1.29 is 13.2 Å². The maximum atomic E-state index is 12.7. The molecule has 1 aliphatic heterocycles. The van der Waals surface area contributed by atoms with Gasteiger partial charge in [0.05, 0.1) is 11.4 Å². The van der Waals surface area contributed by atoms with E-state index >= 15 is 0 Å². The van der Waals surface area contributed by atoms with Crippen LogP contribution >= 0.6 is 0 Å². The number of piperazine rings is 1. The zero-order valence-electron chi connectivity index (χ0n) is 16.2. The molecule has 1 heterocycles. The van der Waals surface area contributed by atoms with Gasteiger partial charge in [0.1, 0.15) is 0 Å². The Labute approximate surface area is 167 Å². The summed E-state index contributed by atoms with van der Waals surface area (Å²) < 4.78 is 27.0. The second kappa shape index (κ2) is 9.32. The highest BCUT2D eigenvalue weighted by atomic mass is 32.2. The number of nitrogens with zero attached hydrogens (tertiary/aromatic N) is 2. The molecule has 2 aromatic rings. The lowest BCUT2D eigenvalue weighted by Gasteiger charge is -2.33. The van der Waals surface area contributed by atoms with Gasteiger partial charge < -0.3 is 5.32 Å². The zero-order valence-corrected chi connectivity index (χ0v) is 17.0. The van der Waals surface area contributed by atoms with Crippen LogP contribution in [0.3, 0.4) is 0 Å². The molecule has 0 unspecified atom stereocenters. The van der Waals surface area contributed by atoms with Gasteiger partial charge in [0, 0.05) is 32.7 Å². The van der Waals surface area contributed by atoms with Gasteiger partial charge in [-0.05, 0) is 31.0 Å². The molecule has 7 heteroatoms. The van der Waals surface area contributed by atoms with Gasteiger partial charge in [0.25, 0.3) is 0 Å². The fourth-order valence-corrected chi connectivity index (χ4v) is 4.66. The van der Waals surface area contributed by atoms with Crippen LogP contribution in [0, 0.1) is 6.92 Å². The lowest BCUT2D eigenvalue weighted by Crippen LogP contribution is -2.51. The van der Waals surface area contributed by atoms with E-state index in [-0.39, 0.29) is 5.91 Å². The zero-order chi connectivity index (χ0) is 20.0. The van der Waals surface area contributed by atoms with Crippen LogP contribution in [0.2, 0.25) is 0 Å². The number of sulfonamides is 1. The Morgan fingerprint density at radius 3 is 2.25 bits per heavy atom. The Kier molecular flexibility index (Phi) is 6.83. The van der Waals surface area contributed by atoms with Crippen molar-refractivity contribution in [1.29, 1.82) is 0 Å². The van der Waals surface area contributed by atoms with Gasteiger partial charge in [-0.25, -0.2) is 8.42 Å². The van der Waals surface area contributed by atoms with Crippen LogP contribution in [0.1, 0.15) is 11.1 Å². The van der Waals surface area contributed by atoms with Crippen LogP contribution < -0.4 is 5.32 Å². The predicted octanol–water partition coefficient (Wildman–Crippen LogP) is 1.66. The first-order valence-corrected chi connectivity index (χ1v) is 11.0. The first kappa shape index (κ1) is 20.5. The highest BCUT2D eigenvalue weighted by Gasteiger charge is 2.28. The van der Waals surface area contributed by atoms with Gasteiger partial charge in [0.2, 0.25) is 15.9 Å². The predicted molar refractivity (Wildman–Crippen MR) is 110 cm³/mol. The second-order valence-electron chi connectivity index (χ2n) is 7.08. The minimum atomic E-state index is -3.47. The number of hydrogen-bond donors (Lipinski definition) is 1. The summed E-state index contributed by atoms with van der Waals surface area (Å²) in [5.74, 6) is -0.0224. The van der Waals surface area contributed by atoms with Crippen molar-refractivity contribution in [3.63, 3.8) is 0 Å². The van der Waals surface area contributed by atoms with Crippen molar-refractivity contribution in [1.82, 2.24) is 14.5 Å². The van der Waals surface area contributed by atoms with Crippen LogP contribution in [0.4, 0.5) is 0 Å². The number of rotatable bonds is 7.